The van der Waals surface area contributed by atoms with Crippen LogP contribution in [0.4, 0.5) is 4.39 Å². The highest BCUT2D eigenvalue weighted by Crippen LogP contribution is 2.19. The fourth-order valence-electron chi connectivity index (χ4n) is 2.69. The number of rotatable bonds is 7. The summed E-state index contributed by atoms with van der Waals surface area (Å²) in [5.74, 6) is 0.0831. The lowest BCUT2D eigenvalue weighted by atomic mass is 10.1. The quantitative estimate of drug-likeness (QED) is 0.560. The van der Waals surface area contributed by atoms with Crippen LogP contribution >= 0.6 is 15.9 Å². The van der Waals surface area contributed by atoms with Gasteiger partial charge in [-0.2, -0.15) is 5.10 Å². The Hall–Kier alpha value is -2.71. The highest BCUT2D eigenvalue weighted by atomic mass is 79.9. The van der Waals surface area contributed by atoms with Gasteiger partial charge >= 0.3 is 0 Å². The maximum atomic E-state index is 14.3. The second-order valence-electron chi connectivity index (χ2n) is 6.39. The molecule has 0 aliphatic rings. The number of benzene rings is 1. The third kappa shape index (κ3) is 4.96. The molecule has 2 aromatic heterocycles. The molecule has 0 fully saturated rings. The first-order chi connectivity index (χ1) is 13.4. The maximum absolute atomic E-state index is 14.3. The molecule has 0 bridgehead atoms. The lowest BCUT2D eigenvalue weighted by molar-refractivity contribution is -0.116. The Morgan fingerprint density at radius 2 is 2.25 bits per heavy atom. The molecule has 0 aliphatic carbocycles. The Morgan fingerprint density at radius 3 is 2.86 bits per heavy atom. The summed E-state index contributed by atoms with van der Waals surface area (Å²) in [5.41, 5.74) is 0.914. The van der Waals surface area contributed by atoms with Gasteiger partial charge in [0.15, 0.2) is 0 Å². The average molecular weight is 447 g/mol. The van der Waals surface area contributed by atoms with Gasteiger partial charge in [-0.15, -0.1) is 0 Å². The van der Waals surface area contributed by atoms with Crippen molar-refractivity contribution in [2.45, 2.75) is 6.04 Å². The molecule has 28 heavy (non-hydrogen) atoms. The van der Waals surface area contributed by atoms with E-state index in [2.05, 4.69) is 26.3 Å². The number of hydrogen-bond donors (Lipinski definition) is 1. The summed E-state index contributed by atoms with van der Waals surface area (Å²) < 4.78 is 22.0. The van der Waals surface area contributed by atoms with E-state index in [1.54, 1.807) is 36.9 Å². The number of halogens is 2. The normalized spacial score (nSPS) is 12.6. The third-order valence-electron chi connectivity index (χ3n) is 4.16. The number of carbonyl (C=O) groups is 1. The van der Waals surface area contributed by atoms with Crippen molar-refractivity contribution in [3.05, 3.63) is 76.7 Å². The standard InChI is InChI=1S/C20H20BrFN4O2/c1-25(2)18(19-4-3-9-28-19)12-23-20(27)8-6-14-5-7-17(16(22)10-14)26-13-15(21)11-24-26/h3-11,13,18H,12H2,1-2H3,(H,23,27)/b8-6+. The molecule has 1 aromatic carbocycles. The minimum Gasteiger partial charge on any atom is -0.468 e. The topological polar surface area (TPSA) is 63.3 Å². The predicted octanol–water partition coefficient (Wildman–Crippen LogP) is 3.80. The smallest absolute Gasteiger partial charge is 0.244 e. The van der Waals surface area contributed by atoms with E-state index in [9.17, 15) is 9.18 Å². The van der Waals surface area contributed by atoms with Gasteiger partial charge in [0.25, 0.3) is 0 Å². The van der Waals surface area contributed by atoms with E-state index in [-0.39, 0.29) is 11.9 Å². The average Bonchev–Trinajstić information content (AvgIpc) is 3.32. The molecular formula is C20H20BrFN4O2. The van der Waals surface area contributed by atoms with Crippen LogP contribution in [0.2, 0.25) is 0 Å². The lowest BCUT2D eigenvalue weighted by Gasteiger charge is -2.22. The van der Waals surface area contributed by atoms with Gasteiger partial charge in [0.1, 0.15) is 17.3 Å². The predicted molar refractivity (Wildman–Crippen MR) is 108 cm³/mol. The summed E-state index contributed by atoms with van der Waals surface area (Å²) >= 11 is 3.29. The van der Waals surface area contributed by atoms with Gasteiger partial charge in [0.05, 0.1) is 23.0 Å². The molecule has 8 heteroatoms. The molecule has 0 spiro atoms. The number of nitrogens with one attached hydrogen (secondary N) is 1. The van der Waals surface area contributed by atoms with Crippen LogP contribution in [0.5, 0.6) is 0 Å². The molecule has 3 rings (SSSR count). The summed E-state index contributed by atoms with van der Waals surface area (Å²) in [6, 6.07) is 8.31. The fourth-order valence-corrected chi connectivity index (χ4v) is 2.98. The number of carbonyl (C=O) groups excluding carboxylic acids is 1. The van der Waals surface area contributed by atoms with E-state index in [1.165, 1.54) is 16.8 Å². The molecule has 0 radical (unpaired) electrons. The van der Waals surface area contributed by atoms with Crippen molar-refractivity contribution < 1.29 is 13.6 Å². The van der Waals surface area contributed by atoms with E-state index in [0.717, 1.165) is 10.2 Å². The van der Waals surface area contributed by atoms with E-state index in [1.807, 2.05) is 31.1 Å². The first kappa shape index (κ1) is 20.0. The molecule has 1 atom stereocenters. The summed E-state index contributed by atoms with van der Waals surface area (Å²) in [6.07, 6.45) is 7.81. The van der Waals surface area contributed by atoms with Gasteiger partial charge in [-0.1, -0.05) is 6.07 Å². The van der Waals surface area contributed by atoms with Gasteiger partial charge in [-0.05, 0) is 65.9 Å². The third-order valence-corrected chi connectivity index (χ3v) is 4.57. The molecule has 2 heterocycles. The van der Waals surface area contributed by atoms with Gasteiger partial charge in [0, 0.05) is 18.8 Å². The molecule has 1 amide bonds. The van der Waals surface area contributed by atoms with Crippen LogP contribution in [0.25, 0.3) is 11.8 Å². The van der Waals surface area contributed by atoms with Gasteiger partial charge in [-0.3, -0.25) is 9.69 Å². The minimum atomic E-state index is -0.427. The van der Waals surface area contributed by atoms with E-state index >= 15 is 0 Å². The van der Waals surface area contributed by atoms with Crippen LogP contribution in [0.15, 0.2) is 64.0 Å². The molecule has 0 aliphatic heterocycles. The zero-order valence-corrected chi connectivity index (χ0v) is 17.1. The summed E-state index contributed by atoms with van der Waals surface area (Å²) in [4.78, 5) is 14.1. The first-order valence-electron chi connectivity index (χ1n) is 8.60. The van der Waals surface area contributed by atoms with Crippen molar-refractivity contribution in [2.24, 2.45) is 0 Å². The van der Waals surface area contributed by atoms with E-state index in [0.29, 0.717) is 17.8 Å². The molecule has 1 unspecified atom stereocenters. The SMILES string of the molecule is CN(C)C(CNC(=O)/C=C/c1ccc(-n2cc(Br)cn2)c(F)c1)c1ccco1. The first-order valence-corrected chi connectivity index (χ1v) is 9.39. The van der Waals surface area contributed by atoms with Crippen LogP contribution in [-0.2, 0) is 4.79 Å². The summed E-state index contributed by atoms with van der Waals surface area (Å²) in [7, 11) is 3.83. The molecule has 146 valence electrons. The van der Waals surface area contributed by atoms with E-state index < -0.39 is 5.82 Å². The molecular weight excluding hydrogens is 427 g/mol. The monoisotopic (exact) mass is 446 g/mol. The summed E-state index contributed by atoms with van der Waals surface area (Å²) in [5, 5.41) is 6.90. The second kappa shape index (κ2) is 8.99. The van der Waals surface area contributed by atoms with Crippen LogP contribution in [0.3, 0.4) is 0 Å². The Morgan fingerprint density at radius 1 is 1.43 bits per heavy atom. The number of aromatic nitrogens is 2. The van der Waals surface area contributed by atoms with Crippen LogP contribution in [-0.4, -0.2) is 41.2 Å². The maximum Gasteiger partial charge on any atom is 0.244 e. The highest BCUT2D eigenvalue weighted by Gasteiger charge is 2.17. The number of furan rings is 1. The minimum absolute atomic E-state index is 0.0718. The summed E-state index contributed by atoms with van der Waals surface area (Å²) in [6.45, 7) is 0.394. The molecule has 0 saturated heterocycles. The second-order valence-corrected chi connectivity index (χ2v) is 7.30. The van der Waals surface area contributed by atoms with Crippen molar-refractivity contribution in [1.29, 1.82) is 0 Å². The molecule has 6 nitrogen and oxygen atoms in total. The number of nitrogens with zero attached hydrogens (tertiary/aromatic N) is 3. The van der Waals surface area contributed by atoms with Gasteiger partial charge < -0.3 is 9.73 Å². The van der Waals surface area contributed by atoms with Gasteiger partial charge in [-0.25, -0.2) is 9.07 Å². The number of hydrogen-bond acceptors (Lipinski definition) is 4. The zero-order chi connectivity index (χ0) is 20.1. The Kier molecular flexibility index (Phi) is 6.43. The lowest BCUT2D eigenvalue weighted by Crippen LogP contribution is -2.33. The van der Waals surface area contributed by atoms with Crippen molar-refractivity contribution in [3.8, 4) is 5.69 Å². The van der Waals surface area contributed by atoms with Crippen LogP contribution < -0.4 is 5.32 Å². The largest absolute Gasteiger partial charge is 0.468 e. The Bertz CT molecular complexity index is 967. The van der Waals surface area contributed by atoms with E-state index in [4.69, 9.17) is 4.42 Å². The highest BCUT2D eigenvalue weighted by molar-refractivity contribution is 9.10. The molecule has 1 N–H and O–H groups in total. The van der Waals surface area contributed by atoms with Crippen LogP contribution in [0.1, 0.15) is 17.4 Å². The van der Waals surface area contributed by atoms with Crippen molar-refractivity contribution >= 4 is 27.9 Å². The fraction of sp³-hybridized carbons (Fsp3) is 0.200. The Balaban J connectivity index is 1.61. The number of amides is 1. The molecule has 0 saturated carbocycles. The van der Waals surface area contributed by atoms with Crippen LogP contribution in [0, 0.1) is 5.82 Å². The van der Waals surface area contributed by atoms with Crippen molar-refractivity contribution in [1.82, 2.24) is 20.0 Å². The number of likely N-dealkylation sites (N-methyl/N-ethyl adjacent to an activating group) is 1. The molecule has 3 aromatic rings. The zero-order valence-electron chi connectivity index (χ0n) is 15.5. The Labute approximate surface area is 170 Å². The van der Waals surface area contributed by atoms with Crippen molar-refractivity contribution in [2.75, 3.05) is 20.6 Å². The van der Waals surface area contributed by atoms with Gasteiger partial charge in [0.2, 0.25) is 5.91 Å². The van der Waals surface area contributed by atoms with Crippen molar-refractivity contribution in [3.63, 3.8) is 0 Å².